The van der Waals surface area contributed by atoms with E-state index in [0.717, 1.165) is 25.7 Å². The quantitative estimate of drug-likeness (QED) is 0.358. The maximum atomic E-state index is 14.9. The molecule has 3 aliphatic rings. The lowest BCUT2D eigenvalue weighted by molar-refractivity contribution is -0.123. The summed E-state index contributed by atoms with van der Waals surface area (Å²) in [6.07, 6.45) is 3.37. The minimum Gasteiger partial charge on any atom is -0.393 e. The summed E-state index contributed by atoms with van der Waals surface area (Å²) in [6.45, 7) is 4.44. The fourth-order valence-corrected chi connectivity index (χ4v) is 7.21. The molecule has 0 unspecified atom stereocenters. The monoisotopic (exact) mass is 579 g/mol. The van der Waals surface area contributed by atoms with E-state index in [-0.39, 0.29) is 33.9 Å². The van der Waals surface area contributed by atoms with E-state index in [1.807, 2.05) is 13.8 Å². The Labute approximate surface area is 236 Å². The van der Waals surface area contributed by atoms with Gasteiger partial charge in [0.15, 0.2) is 0 Å². The number of hydrogen-bond donors (Lipinski definition) is 4. The number of carbonyl (C=O) groups excluding carboxylic acids is 2. The van der Waals surface area contributed by atoms with E-state index in [2.05, 4.69) is 16.0 Å². The van der Waals surface area contributed by atoms with Gasteiger partial charge in [-0.05, 0) is 79.3 Å². The van der Waals surface area contributed by atoms with Gasteiger partial charge in [0.1, 0.15) is 17.0 Å². The predicted molar refractivity (Wildman–Crippen MR) is 147 cm³/mol. The van der Waals surface area contributed by atoms with Crippen LogP contribution >= 0.6 is 23.2 Å². The zero-order valence-electron chi connectivity index (χ0n) is 21.9. The number of aliphatic hydroxyl groups excluding tert-OH is 1. The van der Waals surface area contributed by atoms with Crippen LogP contribution in [0.1, 0.15) is 63.0 Å². The molecule has 1 saturated heterocycles. The molecule has 6 nitrogen and oxygen atoms in total. The summed E-state index contributed by atoms with van der Waals surface area (Å²) in [5.74, 6) is -2.30. The lowest BCUT2D eigenvalue weighted by Crippen LogP contribution is -2.48. The Morgan fingerprint density at radius 1 is 1.15 bits per heavy atom. The topological polar surface area (TPSA) is 90.5 Å². The molecule has 5 rings (SSSR count). The van der Waals surface area contributed by atoms with Gasteiger partial charge < -0.3 is 21.1 Å². The maximum Gasteiger partial charge on any atom is 0.237 e. The first kappa shape index (κ1) is 28.3. The van der Waals surface area contributed by atoms with E-state index in [4.69, 9.17) is 23.2 Å². The average Bonchev–Trinajstić information content (AvgIpc) is 3.51. The van der Waals surface area contributed by atoms with Crippen molar-refractivity contribution in [2.24, 2.45) is 11.8 Å². The minimum atomic E-state index is -1.37. The number of benzene rings is 2. The second-order valence-electron chi connectivity index (χ2n) is 11.5. The van der Waals surface area contributed by atoms with E-state index < -0.39 is 35.1 Å². The number of halogens is 4. The van der Waals surface area contributed by atoms with E-state index >= 15 is 0 Å². The molecule has 4 N–H and O–H groups in total. The molecule has 2 aromatic carbocycles. The van der Waals surface area contributed by atoms with Crippen LogP contribution < -0.4 is 16.0 Å². The third-order valence-corrected chi connectivity index (χ3v) is 9.12. The molecule has 10 heteroatoms. The molecule has 210 valence electrons. The molecule has 1 saturated carbocycles. The van der Waals surface area contributed by atoms with Gasteiger partial charge in [-0.1, -0.05) is 43.1 Å². The highest BCUT2D eigenvalue weighted by molar-refractivity contribution is 6.31. The van der Waals surface area contributed by atoms with Crippen LogP contribution in [0, 0.1) is 23.5 Å². The molecule has 1 aliphatic carbocycles. The Morgan fingerprint density at radius 2 is 1.90 bits per heavy atom. The van der Waals surface area contributed by atoms with Crippen molar-refractivity contribution >= 4 is 40.7 Å². The van der Waals surface area contributed by atoms with Crippen LogP contribution in [0.25, 0.3) is 0 Å². The van der Waals surface area contributed by atoms with Crippen LogP contribution in [-0.4, -0.2) is 41.7 Å². The van der Waals surface area contributed by atoms with Crippen LogP contribution in [0.2, 0.25) is 10.0 Å². The minimum absolute atomic E-state index is 0.120. The highest BCUT2D eigenvalue weighted by Gasteiger charge is 2.65. The Kier molecular flexibility index (Phi) is 7.94. The van der Waals surface area contributed by atoms with Crippen molar-refractivity contribution in [2.45, 2.75) is 75.5 Å². The maximum absolute atomic E-state index is 14.9. The summed E-state index contributed by atoms with van der Waals surface area (Å²) in [6, 6.07) is 5.45. The van der Waals surface area contributed by atoms with Gasteiger partial charge in [0.2, 0.25) is 11.8 Å². The molecule has 2 heterocycles. The van der Waals surface area contributed by atoms with Crippen LogP contribution in [-0.2, 0) is 15.0 Å². The standard InChI is InChI=1S/C29H33Cl2F2N3O3/c1-14(2)9-24-29(18-12-22(33)20(31)13-23(18)35-28(29)39)25(16-4-6-21(32)19(30)11-16)26(36-24)27(38)34-8-7-15-3-5-17(37)10-15/h4,6,11-15,17,24-26,36-37H,3,5,7-10H2,1-2H3,(H,34,38)(H,35,39)/t15-,17+,24+,25-,26+,29-/m0/s1. The molecule has 2 amide bonds. The molecule has 0 aromatic heterocycles. The number of aliphatic hydroxyl groups is 1. The largest absolute Gasteiger partial charge is 0.393 e. The zero-order chi connectivity index (χ0) is 28.1. The zero-order valence-corrected chi connectivity index (χ0v) is 23.4. The summed E-state index contributed by atoms with van der Waals surface area (Å²) in [5.41, 5.74) is -0.0733. The van der Waals surface area contributed by atoms with Gasteiger partial charge in [-0.2, -0.15) is 0 Å². The summed E-state index contributed by atoms with van der Waals surface area (Å²) in [5, 5.41) is 18.9. The lowest BCUT2D eigenvalue weighted by atomic mass is 9.63. The van der Waals surface area contributed by atoms with Gasteiger partial charge in [0, 0.05) is 24.2 Å². The lowest BCUT2D eigenvalue weighted by Gasteiger charge is -2.36. The van der Waals surface area contributed by atoms with Crippen molar-refractivity contribution in [3.05, 3.63) is 63.1 Å². The second kappa shape index (κ2) is 11.0. The Morgan fingerprint density at radius 3 is 2.56 bits per heavy atom. The van der Waals surface area contributed by atoms with Gasteiger partial charge in [0.25, 0.3) is 0 Å². The second-order valence-corrected chi connectivity index (χ2v) is 12.3. The smallest absolute Gasteiger partial charge is 0.237 e. The van der Waals surface area contributed by atoms with Crippen molar-refractivity contribution < 1.29 is 23.5 Å². The number of anilines is 1. The Balaban J connectivity index is 1.58. The van der Waals surface area contributed by atoms with Crippen molar-refractivity contribution in [3.8, 4) is 0 Å². The number of hydrogen-bond acceptors (Lipinski definition) is 4. The Hall–Kier alpha value is -2.26. The number of fused-ring (bicyclic) bond motifs is 2. The van der Waals surface area contributed by atoms with E-state index in [1.54, 1.807) is 0 Å². The number of nitrogens with one attached hydrogen (secondary N) is 3. The van der Waals surface area contributed by atoms with E-state index in [9.17, 15) is 23.5 Å². The SMILES string of the molecule is CC(C)C[C@H]1N[C@@H](C(=O)NCC[C@@H]2CC[C@@H](O)C2)[C@H](c2ccc(F)c(Cl)c2)[C@@]12C(=O)Nc1cc(Cl)c(F)cc12. The molecule has 39 heavy (non-hydrogen) atoms. The summed E-state index contributed by atoms with van der Waals surface area (Å²) in [7, 11) is 0. The molecule has 0 radical (unpaired) electrons. The van der Waals surface area contributed by atoms with Crippen molar-refractivity contribution in [1.82, 2.24) is 10.6 Å². The first-order chi connectivity index (χ1) is 18.5. The summed E-state index contributed by atoms with van der Waals surface area (Å²) in [4.78, 5) is 27.8. The van der Waals surface area contributed by atoms with Crippen LogP contribution in [0.3, 0.4) is 0 Å². The molecule has 2 aromatic rings. The van der Waals surface area contributed by atoms with Gasteiger partial charge in [-0.15, -0.1) is 0 Å². The molecule has 2 aliphatic heterocycles. The first-order valence-electron chi connectivity index (χ1n) is 13.5. The first-order valence-corrected chi connectivity index (χ1v) is 14.3. The van der Waals surface area contributed by atoms with Crippen LogP contribution in [0.15, 0.2) is 30.3 Å². The molecule has 2 fully saturated rings. The van der Waals surface area contributed by atoms with Crippen molar-refractivity contribution in [2.75, 3.05) is 11.9 Å². The number of rotatable bonds is 7. The molecular weight excluding hydrogens is 547 g/mol. The van der Waals surface area contributed by atoms with Crippen LogP contribution in [0.5, 0.6) is 0 Å². The van der Waals surface area contributed by atoms with Gasteiger partial charge in [0.05, 0.1) is 22.2 Å². The van der Waals surface area contributed by atoms with Crippen molar-refractivity contribution in [3.63, 3.8) is 0 Å². The highest BCUT2D eigenvalue weighted by atomic mass is 35.5. The molecule has 0 bridgehead atoms. The summed E-state index contributed by atoms with van der Waals surface area (Å²) < 4.78 is 29.1. The Bertz CT molecular complexity index is 1290. The predicted octanol–water partition coefficient (Wildman–Crippen LogP) is 5.30. The fraction of sp³-hybridized carbons (Fsp3) is 0.517. The van der Waals surface area contributed by atoms with Crippen LogP contribution in [0.4, 0.5) is 14.5 Å². The summed E-state index contributed by atoms with van der Waals surface area (Å²) >= 11 is 12.3. The average molecular weight is 581 g/mol. The van der Waals surface area contributed by atoms with E-state index in [0.29, 0.717) is 35.7 Å². The third-order valence-electron chi connectivity index (χ3n) is 8.54. The van der Waals surface area contributed by atoms with Crippen molar-refractivity contribution in [1.29, 1.82) is 0 Å². The molecule has 1 spiro atoms. The fourth-order valence-electron chi connectivity index (χ4n) is 6.85. The number of carbonyl (C=O) groups is 2. The third kappa shape index (κ3) is 5.05. The molecular formula is C29H33Cl2F2N3O3. The van der Waals surface area contributed by atoms with Gasteiger partial charge >= 0.3 is 0 Å². The number of amides is 2. The van der Waals surface area contributed by atoms with Gasteiger partial charge in [-0.3, -0.25) is 9.59 Å². The normalized spacial score (nSPS) is 29.7. The highest BCUT2D eigenvalue weighted by Crippen LogP contribution is 2.56. The molecule has 6 atom stereocenters. The van der Waals surface area contributed by atoms with Gasteiger partial charge in [-0.25, -0.2) is 8.78 Å². The van der Waals surface area contributed by atoms with E-state index in [1.165, 1.54) is 30.3 Å².